The van der Waals surface area contributed by atoms with Gasteiger partial charge in [-0.1, -0.05) is 60.7 Å². The smallest absolute Gasteiger partial charge is 0.269 e. The first kappa shape index (κ1) is 15.0. The maximum atomic E-state index is 12.1. The number of nitrogens with one attached hydrogen (secondary N) is 2. The van der Waals surface area contributed by atoms with Crippen LogP contribution < -0.4 is 5.32 Å². The molecule has 4 nitrogen and oxygen atoms in total. The zero-order chi connectivity index (χ0) is 15.9. The Kier molecular flexibility index (Phi) is 4.84. The van der Waals surface area contributed by atoms with Crippen LogP contribution in [-0.4, -0.2) is 22.4 Å². The molecule has 4 heteroatoms. The number of aromatic nitrogens is 2. The molecule has 0 unspecified atom stereocenters. The molecule has 0 aliphatic heterocycles. The van der Waals surface area contributed by atoms with Gasteiger partial charge in [0.2, 0.25) is 0 Å². The molecule has 0 aliphatic rings. The van der Waals surface area contributed by atoms with Gasteiger partial charge < -0.3 is 10.3 Å². The summed E-state index contributed by atoms with van der Waals surface area (Å²) in [5, 5.41) is 2.92. The first-order valence-electron chi connectivity index (χ1n) is 7.75. The number of H-pyrrole nitrogens is 1. The third kappa shape index (κ3) is 4.07. The molecule has 23 heavy (non-hydrogen) atoms. The molecule has 1 amide bonds. The molecular weight excluding hydrogens is 286 g/mol. The molecular formula is C19H19N3O. The lowest BCUT2D eigenvalue weighted by Gasteiger charge is -2.04. The minimum absolute atomic E-state index is 0.118. The second-order valence-corrected chi connectivity index (χ2v) is 5.36. The predicted octanol–water partition coefficient (Wildman–Crippen LogP) is 3.44. The summed E-state index contributed by atoms with van der Waals surface area (Å²) in [5.74, 6) is 0.591. The van der Waals surface area contributed by atoms with E-state index in [9.17, 15) is 4.79 Å². The fourth-order valence-corrected chi connectivity index (χ4v) is 2.41. The number of carbonyl (C=O) groups excluding carboxylic acids is 1. The van der Waals surface area contributed by atoms with Crippen LogP contribution in [0.5, 0.6) is 0 Å². The second-order valence-electron chi connectivity index (χ2n) is 5.36. The monoisotopic (exact) mass is 305 g/mol. The summed E-state index contributed by atoms with van der Waals surface area (Å²) in [5.41, 5.74) is 2.74. The van der Waals surface area contributed by atoms with Crippen LogP contribution in [0.2, 0.25) is 0 Å². The fraction of sp³-hybridized carbons (Fsp3) is 0.158. The Morgan fingerprint density at radius 3 is 2.43 bits per heavy atom. The zero-order valence-corrected chi connectivity index (χ0v) is 12.8. The van der Waals surface area contributed by atoms with Crippen molar-refractivity contribution < 1.29 is 4.79 Å². The summed E-state index contributed by atoms with van der Waals surface area (Å²) in [4.78, 5) is 19.4. The Labute approximate surface area is 135 Å². The van der Waals surface area contributed by atoms with Gasteiger partial charge in [-0.25, -0.2) is 4.98 Å². The lowest BCUT2D eigenvalue weighted by Crippen LogP contribution is -2.25. The lowest BCUT2D eigenvalue weighted by atomic mass is 10.1. The van der Waals surface area contributed by atoms with Crippen molar-refractivity contribution in [2.24, 2.45) is 0 Å². The number of amides is 1. The minimum Gasteiger partial charge on any atom is -0.351 e. The van der Waals surface area contributed by atoms with Gasteiger partial charge in [0, 0.05) is 12.1 Å². The average molecular weight is 305 g/mol. The third-order valence-electron chi connectivity index (χ3n) is 3.64. The molecule has 0 saturated carbocycles. The highest BCUT2D eigenvalue weighted by atomic mass is 16.1. The Morgan fingerprint density at radius 1 is 1.00 bits per heavy atom. The van der Waals surface area contributed by atoms with Crippen molar-refractivity contribution in [3.63, 3.8) is 0 Å². The van der Waals surface area contributed by atoms with E-state index in [1.54, 1.807) is 6.20 Å². The number of hydrogen-bond acceptors (Lipinski definition) is 2. The molecule has 0 radical (unpaired) electrons. The molecule has 1 aromatic heterocycles. The summed E-state index contributed by atoms with van der Waals surface area (Å²) in [6.07, 6.45) is 3.45. The van der Waals surface area contributed by atoms with Crippen molar-refractivity contribution in [1.82, 2.24) is 15.3 Å². The second kappa shape index (κ2) is 7.40. The van der Waals surface area contributed by atoms with E-state index in [1.165, 1.54) is 5.56 Å². The molecule has 3 aromatic rings. The van der Waals surface area contributed by atoms with Crippen LogP contribution in [0.15, 0.2) is 66.9 Å². The molecule has 3 rings (SSSR count). The van der Waals surface area contributed by atoms with Gasteiger partial charge >= 0.3 is 0 Å². The number of hydrogen-bond donors (Lipinski definition) is 2. The number of imidazole rings is 1. The van der Waals surface area contributed by atoms with Gasteiger partial charge in [0.1, 0.15) is 11.5 Å². The van der Waals surface area contributed by atoms with Gasteiger partial charge in [-0.3, -0.25) is 4.79 Å². The molecule has 1 heterocycles. The van der Waals surface area contributed by atoms with Crippen LogP contribution in [0, 0.1) is 0 Å². The molecule has 0 bridgehead atoms. The third-order valence-corrected chi connectivity index (χ3v) is 3.64. The van der Waals surface area contributed by atoms with Crippen molar-refractivity contribution in [1.29, 1.82) is 0 Å². The van der Waals surface area contributed by atoms with Crippen molar-refractivity contribution in [3.05, 3.63) is 78.1 Å². The van der Waals surface area contributed by atoms with Crippen molar-refractivity contribution in [3.8, 4) is 11.4 Å². The molecule has 0 saturated heterocycles. The van der Waals surface area contributed by atoms with Gasteiger partial charge in [0.25, 0.3) is 5.91 Å². The Hall–Kier alpha value is -2.88. The largest absolute Gasteiger partial charge is 0.351 e. The Bertz CT molecular complexity index is 751. The van der Waals surface area contributed by atoms with E-state index < -0.39 is 0 Å². The number of aromatic amines is 1. The predicted molar refractivity (Wildman–Crippen MR) is 91.1 cm³/mol. The molecule has 0 aliphatic carbocycles. The van der Waals surface area contributed by atoms with Crippen molar-refractivity contribution >= 4 is 5.91 Å². The van der Waals surface area contributed by atoms with Gasteiger partial charge in [0.05, 0.1) is 6.20 Å². The van der Waals surface area contributed by atoms with Crippen molar-refractivity contribution in [2.75, 3.05) is 6.54 Å². The maximum Gasteiger partial charge on any atom is 0.269 e. The Morgan fingerprint density at radius 2 is 1.70 bits per heavy atom. The maximum absolute atomic E-state index is 12.1. The van der Waals surface area contributed by atoms with E-state index in [4.69, 9.17) is 0 Å². The summed E-state index contributed by atoms with van der Waals surface area (Å²) < 4.78 is 0. The molecule has 116 valence electrons. The summed E-state index contributed by atoms with van der Waals surface area (Å²) in [6.45, 7) is 0.646. The summed E-state index contributed by atoms with van der Waals surface area (Å²) >= 11 is 0. The van der Waals surface area contributed by atoms with Crippen LogP contribution in [0.3, 0.4) is 0 Å². The molecule has 2 N–H and O–H groups in total. The molecule has 0 fully saturated rings. The molecule has 0 spiro atoms. The SMILES string of the molecule is O=C(NCCCc1ccccc1)c1cnc(-c2ccccc2)[nH]1. The van der Waals surface area contributed by atoms with E-state index in [2.05, 4.69) is 27.4 Å². The molecule has 2 aromatic carbocycles. The normalized spacial score (nSPS) is 10.4. The standard InChI is InChI=1S/C19H19N3O/c23-19(20-13-7-10-15-8-3-1-4-9-15)17-14-21-18(22-17)16-11-5-2-6-12-16/h1-6,8-9,11-12,14H,7,10,13H2,(H,20,23)(H,21,22). The quantitative estimate of drug-likeness (QED) is 0.685. The first-order chi connectivity index (χ1) is 11.3. The number of benzene rings is 2. The number of aryl methyl sites for hydroxylation is 1. The topological polar surface area (TPSA) is 57.8 Å². The van der Waals surface area contributed by atoms with Gasteiger partial charge in [-0.15, -0.1) is 0 Å². The highest BCUT2D eigenvalue weighted by Gasteiger charge is 2.09. The summed E-state index contributed by atoms with van der Waals surface area (Å²) in [6, 6.07) is 20.0. The van der Waals surface area contributed by atoms with Crippen LogP contribution in [-0.2, 0) is 6.42 Å². The van der Waals surface area contributed by atoms with Gasteiger partial charge in [-0.2, -0.15) is 0 Å². The van der Waals surface area contributed by atoms with E-state index in [-0.39, 0.29) is 5.91 Å². The summed E-state index contributed by atoms with van der Waals surface area (Å²) in [7, 11) is 0. The van der Waals surface area contributed by atoms with E-state index >= 15 is 0 Å². The number of nitrogens with zero attached hydrogens (tertiary/aromatic N) is 1. The van der Waals surface area contributed by atoms with Crippen LogP contribution in [0.25, 0.3) is 11.4 Å². The van der Waals surface area contributed by atoms with Gasteiger partial charge in [-0.05, 0) is 18.4 Å². The first-order valence-corrected chi connectivity index (χ1v) is 7.75. The van der Waals surface area contributed by atoms with Gasteiger partial charge in [0.15, 0.2) is 0 Å². The van der Waals surface area contributed by atoms with Crippen LogP contribution in [0.4, 0.5) is 0 Å². The van der Waals surface area contributed by atoms with E-state index in [0.717, 1.165) is 18.4 Å². The van der Waals surface area contributed by atoms with Crippen molar-refractivity contribution in [2.45, 2.75) is 12.8 Å². The van der Waals surface area contributed by atoms with Crippen LogP contribution in [0.1, 0.15) is 22.5 Å². The molecule has 0 atom stereocenters. The van der Waals surface area contributed by atoms with Crippen LogP contribution >= 0.6 is 0 Å². The minimum atomic E-state index is -0.118. The highest BCUT2D eigenvalue weighted by Crippen LogP contribution is 2.14. The lowest BCUT2D eigenvalue weighted by molar-refractivity contribution is 0.0949. The van der Waals surface area contributed by atoms with E-state index in [0.29, 0.717) is 18.1 Å². The number of rotatable bonds is 6. The Balaban J connectivity index is 1.50. The average Bonchev–Trinajstić information content (AvgIpc) is 3.10. The zero-order valence-electron chi connectivity index (χ0n) is 12.8. The fourth-order valence-electron chi connectivity index (χ4n) is 2.41. The number of carbonyl (C=O) groups is 1. The highest BCUT2D eigenvalue weighted by molar-refractivity contribution is 5.92. The van der Waals surface area contributed by atoms with E-state index in [1.807, 2.05) is 48.5 Å².